The molecule has 6 heteroatoms. The Morgan fingerprint density at radius 1 is 1.36 bits per heavy atom. The van der Waals surface area contributed by atoms with Crippen molar-refractivity contribution >= 4 is 23.5 Å². The minimum atomic E-state index is -0.0650. The summed E-state index contributed by atoms with van der Waals surface area (Å²) >= 11 is 6.19. The summed E-state index contributed by atoms with van der Waals surface area (Å²) in [5, 5.41) is 4.24. The van der Waals surface area contributed by atoms with Crippen molar-refractivity contribution in [2.24, 2.45) is 10.9 Å². The summed E-state index contributed by atoms with van der Waals surface area (Å²) in [5.74, 6) is 0.862. The van der Waals surface area contributed by atoms with Crippen LogP contribution in [0, 0.1) is 5.92 Å². The molecular formula is C19H28ClN3O2. The van der Waals surface area contributed by atoms with Crippen LogP contribution in [-0.2, 0) is 16.0 Å². The number of aliphatic imine (C=N–C) groups is 1. The summed E-state index contributed by atoms with van der Waals surface area (Å²) in [6.07, 6.45) is 3.56. The first kappa shape index (κ1) is 19.6. The van der Waals surface area contributed by atoms with E-state index in [9.17, 15) is 4.79 Å². The van der Waals surface area contributed by atoms with Gasteiger partial charge >= 0.3 is 5.97 Å². The molecule has 25 heavy (non-hydrogen) atoms. The highest BCUT2D eigenvalue weighted by atomic mass is 35.5. The molecule has 1 saturated heterocycles. The van der Waals surface area contributed by atoms with Gasteiger partial charge in [0.2, 0.25) is 0 Å². The van der Waals surface area contributed by atoms with E-state index in [0.717, 1.165) is 56.3 Å². The Bertz CT molecular complexity index is 584. The first-order valence-electron chi connectivity index (χ1n) is 9.01. The average Bonchev–Trinajstić information content (AvgIpc) is 2.63. The van der Waals surface area contributed by atoms with E-state index in [1.54, 1.807) is 7.05 Å². The largest absolute Gasteiger partial charge is 0.466 e. The predicted molar refractivity (Wildman–Crippen MR) is 102 cm³/mol. The standard InChI is InChI=1S/C19H28ClN3O2/c1-3-25-18(24)16-10-13-23(14-11-16)19(21-2)22-12-6-8-15-7-4-5-9-17(15)20/h4-5,7,9,16H,3,6,8,10-14H2,1-2H3,(H,21,22). The summed E-state index contributed by atoms with van der Waals surface area (Å²) in [5.41, 5.74) is 1.18. The Hall–Kier alpha value is -1.75. The summed E-state index contributed by atoms with van der Waals surface area (Å²) in [7, 11) is 1.80. The van der Waals surface area contributed by atoms with Crippen molar-refractivity contribution in [1.29, 1.82) is 0 Å². The molecule has 1 N–H and O–H groups in total. The molecule has 1 aliphatic heterocycles. The lowest BCUT2D eigenvalue weighted by Gasteiger charge is -2.33. The van der Waals surface area contributed by atoms with Crippen LogP contribution in [-0.4, -0.2) is 50.1 Å². The van der Waals surface area contributed by atoms with Crippen molar-refractivity contribution in [1.82, 2.24) is 10.2 Å². The van der Waals surface area contributed by atoms with E-state index in [-0.39, 0.29) is 11.9 Å². The first-order valence-corrected chi connectivity index (χ1v) is 9.39. The van der Waals surface area contributed by atoms with Crippen LogP contribution in [0.5, 0.6) is 0 Å². The smallest absolute Gasteiger partial charge is 0.309 e. The number of aryl methyl sites for hydroxylation is 1. The normalized spacial score (nSPS) is 16.0. The van der Waals surface area contributed by atoms with Crippen LogP contribution in [0.4, 0.5) is 0 Å². The number of hydrogen-bond donors (Lipinski definition) is 1. The second-order valence-electron chi connectivity index (χ2n) is 6.18. The van der Waals surface area contributed by atoms with Gasteiger partial charge in [-0.3, -0.25) is 9.79 Å². The fourth-order valence-corrected chi connectivity index (χ4v) is 3.33. The van der Waals surface area contributed by atoms with E-state index >= 15 is 0 Å². The molecule has 5 nitrogen and oxygen atoms in total. The highest BCUT2D eigenvalue weighted by Gasteiger charge is 2.27. The molecule has 0 saturated carbocycles. The number of carbonyl (C=O) groups excluding carboxylic acids is 1. The quantitative estimate of drug-likeness (QED) is 0.364. The topological polar surface area (TPSA) is 53.9 Å². The number of halogens is 1. The number of nitrogens with one attached hydrogen (secondary N) is 1. The molecule has 0 amide bonds. The van der Waals surface area contributed by atoms with Crippen LogP contribution in [0.1, 0.15) is 31.7 Å². The maximum absolute atomic E-state index is 11.8. The molecule has 1 fully saturated rings. The Balaban J connectivity index is 1.72. The summed E-state index contributed by atoms with van der Waals surface area (Å²) in [6.45, 7) is 4.80. The molecule has 1 heterocycles. The van der Waals surface area contributed by atoms with Crippen molar-refractivity contribution in [3.05, 3.63) is 34.9 Å². The molecule has 2 rings (SSSR count). The lowest BCUT2D eigenvalue weighted by atomic mass is 9.97. The maximum atomic E-state index is 11.8. The number of carbonyl (C=O) groups is 1. The van der Waals surface area contributed by atoms with Gasteiger partial charge in [-0.1, -0.05) is 29.8 Å². The van der Waals surface area contributed by atoms with E-state index in [4.69, 9.17) is 16.3 Å². The Morgan fingerprint density at radius 2 is 2.08 bits per heavy atom. The fourth-order valence-electron chi connectivity index (χ4n) is 3.10. The lowest BCUT2D eigenvalue weighted by molar-refractivity contribution is -0.149. The van der Waals surface area contributed by atoms with E-state index in [1.165, 1.54) is 5.56 Å². The maximum Gasteiger partial charge on any atom is 0.309 e. The van der Waals surface area contributed by atoms with Gasteiger partial charge in [0, 0.05) is 31.7 Å². The van der Waals surface area contributed by atoms with E-state index in [1.807, 2.05) is 25.1 Å². The van der Waals surface area contributed by atoms with Crippen LogP contribution in [0.3, 0.4) is 0 Å². The number of hydrogen-bond acceptors (Lipinski definition) is 3. The summed E-state index contributed by atoms with van der Waals surface area (Å²) < 4.78 is 5.12. The number of guanidine groups is 1. The van der Waals surface area contributed by atoms with Gasteiger partial charge in [0.1, 0.15) is 0 Å². The molecule has 0 aromatic heterocycles. The van der Waals surface area contributed by atoms with Crippen LogP contribution in [0.25, 0.3) is 0 Å². The van der Waals surface area contributed by atoms with Crippen molar-refractivity contribution < 1.29 is 9.53 Å². The van der Waals surface area contributed by atoms with Crippen molar-refractivity contribution in [2.45, 2.75) is 32.6 Å². The van der Waals surface area contributed by atoms with Gasteiger partial charge in [0.05, 0.1) is 12.5 Å². The zero-order valence-electron chi connectivity index (χ0n) is 15.1. The highest BCUT2D eigenvalue weighted by molar-refractivity contribution is 6.31. The van der Waals surface area contributed by atoms with Gasteiger partial charge < -0.3 is 15.0 Å². The molecule has 0 atom stereocenters. The van der Waals surface area contributed by atoms with Crippen LogP contribution in [0.15, 0.2) is 29.3 Å². The SMILES string of the molecule is CCOC(=O)C1CCN(C(=NC)NCCCc2ccccc2Cl)CC1. The summed E-state index contributed by atoms with van der Waals surface area (Å²) in [6, 6.07) is 7.96. The predicted octanol–water partition coefficient (Wildman–Crippen LogP) is 3.12. The third-order valence-corrected chi connectivity index (χ3v) is 4.86. The van der Waals surface area contributed by atoms with Gasteiger partial charge in [0.25, 0.3) is 0 Å². The minimum absolute atomic E-state index is 0.0227. The third kappa shape index (κ3) is 5.92. The molecule has 0 bridgehead atoms. The number of rotatable bonds is 6. The Labute approximate surface area is 155 Å². The molecule has 1 aliphatic rings. The van der Waals surface area contributed by atoms with Gasteiger partial charge in [-0.15, -0.1) is 0 Å². The highest BCUT2D eigenvalue weighted by Crippen LogP contribution is 2.19. The number of piperidine rings is 1. The number of esters is 1. The Morgan fingerprint density at radius 3 is 2.72 bits per heavy atom. The monoisotopic (exact) mass is 365 g/mol. The second-order valence-corrected chi connectivity index (χ2v) is 6.59. The second kappa shape index (κ2) is 10.3. The molecule has 138 valence electrons. The van der Waals surface area contributed by atoms with Crippen LogP contribution in [0.2, 0.25) is 5.02 Å². The van der Waals surface area contributed by atoms with Crippen molar-refractivity contribution in [3.8, 4) is 0 Å². The molecule has 0 spiro atoms. The number of likely N-dealkylation sites (tertiary alicyclic amines) is 1. The van der Waals surface area contributed by atoms with Crippen LogP contribution < -0.4 is 5.32 Å². The average molecular weight is 366 g/mol. The van der Waals surface area contributed by atoms with Gasteiger partial charge in [-0.2, -0.15) is 0 Å². The van der Waals surface area contributed by atoms with E-state index in [0.29, 0.717) is 6.61 Å². The van der Waals surface area contributed by atoms with Crippen molar-refractivity contribution in [3.63, 3.8) is 0 Å². The van der Waals surface area contributed by atoms with Crippen molar-refractivity contribution in [2.75, 3.05) is 33.3 Å². The van der Waals surface area contributed by atoms with Gasteiger partial charge in [0.15, 0.2) is 5.96 Å². The Kier molecular flexibility index (Phi) is 8.06. The molecule has 1 aromatic rings. The first-order chi connectivity index (χ1) is 12.2. The fraction of sp³-hybridized carbons (Fsp3) is 0.579. The number of nitrogens with zero attached hydrogens (tertiary/aromatic N) is 2. The van der Waals surface area contributed by atoms with E-state index in [2.05, 4.69) is 21.3 Å². The summed E-state index contributed by atoms with van der Waals surface area (Å²) in [4.78, 5) is 18.4. The molecule has 1 aromatic carbocycles. The molecule has 0 aliphatic carbocycles. The van der Waals surface area contributed by atoms with Gasteiger partial charge in [-0.25, -0.2) is 0 Å². The third-order valence-electron chi connectivity index (χ3n) is 4.49. The lowest BCUT2D eigenvalue weighted by Crippen LogP contribution is -2.47. The molecular weight excluding hydrogens is 338 g/mol. The molecule has 0 unspecified atom stereocenters. The van der Waals surface area contributed by atoms with Gasteiger partial charge in [-0.05, 0) is 44.2 Å². The number of benzene rings is 1. The van der Waals surface area contributed by atoms with E-state index < -0.39 is 0 Å². The molecule has 0 radical (unpaired) electrons. The number of ether oxygens (including phenoxy) is 1. The minimum Gasteiger partial charge on any atom is -0.466 e. The zero-order chi connectivity index (χ0) is 18.1. The van der Waals surface area contributed by atoms with Crippen LogP contribution >= 0.6 is 11.6 Å². The zero-order valence-corrected chi connectivity index (χ0v) is 15.9.